The molecule has 0 saturated carbocycles. The first-order chi connectivity index (χ1) is 11.1. The molecular weight excluding hydrogens is 294 g/mol. The maximum Gasteiger partial charge on any atom is 0.256 e. The molecule has 2 aromatic rings. The van der Waals surface area contributed by atoms with Gasteiger partial charge < -0.3 is 19.5 Å². The normalized spacial score (nSPS) is 10.1. The van der Waals surface area contributed by atoms with Gasteiger partial charge in [-0.2, -0.15) is 0 Å². The van der Waals surface area contributed by atoms with Gasteiger partial charge >= 0.3 is 0 Å². The third-order valence-corrected chi connectivity index (χ3v) is 3.59. The Morgan fingerprint density at radius 1 is 0.957 bits per heavy atom. The molecule has 5 nitrogen and oxygen atoms in total. The molecule has 2 rings (SSSR count). The number of carbonyl (C=O) groups excluding carboxylic acids is 1. The quantitative estimate of drug-likeness (QED) is 0.886. The number of rotatable bonds is 6. The molecule has 1 N–H and O–H groups in total. The van der Waals surface area contributed by atoms with Crippen molar-refractivity contribution in [2.45, 2.75) is 13.3 Å². The zero-order valence-corrected chi connectivity index (χ0v) is 13.8. The number of carbonyl (C=O) groups is 1. The Morgan fingerprint density at radius 2 is 1.57 bits per heavy atom. The summed E-state index contributed by atoms with van der Waals surface area (Å²) in [6, 6.07) is 10.8. The van der Waals surface area contributed by atoms with Gasteiger partial charge in [-0.05, 0) is 36.2 Å². The van der Waals surface area contributed by atoms with Crippen molar-refractivity contribution in [3.05, 3.63) is 47.5 Å². The van der Waals surface area contributed by atoms with E-state index >= 15 is 0 Å². The van der Waals surface area contributed by atoms with Gasteiger partial charge in [0, 0.05) is 5.56 Å². The second-order valence-electron chi connectivity index (χ2n) is 4.87. The first-order valence-corrected chi connectivity index (χ1v) is 7.33. The van der Waals surface area contributed by atoms with Gasteiger partial charge in [-0.1, -0.05) is 19.1 Å². The molecule has 0 aromatic heterocycles. The van der Waals surface area contributed by atoms with Gasteiger partial charge in [-0.15, -0.1) is 0 Å². The van der Waals surface area contributed by atoms with E-state index in [9.17, 15) is 4.79 Å². The van der Waals surface area contributed by atoms with Crippen LogP contribution >= 0.6 is 0 Å². The maximum atomic E-state index is 12.7. The second-order valence-corrected chi connectivity index (χ2v) is 4.87. The van der Waals surface area contributed by atoms with Crippen LogP contribution in [0.15, 0.2) is 36.4 Å². The molecule has 1 amide bonds. The van der Waals surface area contributed by atoms with Crippen LogP contribution in [0, 0.1) is 0 Å². The van der Waals surface area contributed by atoms with Gasteiger partial charge in [0.05, 0.1) is 27.0 Å². The minimum atomic E-state index is -0.215. The average molecular weight is 315 g/mol. The van der Waals surface area contributed by atoms with Crippen LogP contribution < -0.4 is 19.5 Å². The summed E-state index contributed by atoms with van der Waals surface area (Å²) in [7, 11) is 4.69. The Hall–Kier alpha value is -2.69. The minimum Gasteiger partial charge on any atom is -0.495 e. The summed E-state index contributed by atoms with van der Waals surface area (Å²) >= 11 is 0. The van der Waals surface area contributed by atoms with Crippen LogP contribution in [0.1, 0.15) is 22.8 Å². The summed E-state index contributed by atoms with van der Waals surface area (Å²) in [4.78, 5) is 12.7. The molecule has 0 bridgehead atoms. The van der Waals surface area contributed by atoms with E-state index in [1.54, 1.807) is 39.5 Å². The third kappa shape index (κ3) is 3.56. The van der Waals surface area contributed by atoms with Crippen molar-refractivity contribution in [1.29, 1.82) is 0 Å². The third-order valence-electron chi connectivity index (χ3n) is 3.59. The molecule has 0 spiro atoms. The van der Waals surface area contributed by atoms with Crippen LogP contribution in [0.5, 0.6) is 17.2 Å². The second kappa shape index (κ2) is 7.54. The maximum absolute atomic E-state index is 12.7. The van der Waals surface area contributed by atoms with Crippen LogP contribution in [0.4, 0.5) is 5.69 Å². The summed E-state index contributed by atoms with van der Waals surface area (Å²) in [6.45, 7) is 1.99. The van der Waals surface area contributed by atoms with Gasteiger partial charge in [0.2, 0.25) is 0 Å². The van der Waals surface area contributed by atoms with Gasteiger partial charge in [0.1, 0.15) is 5.75 Å². The molecule has 0 atom stereocenters. The van der Waals surface area contributed by atoms with Crippen LogP contribution in [0.25, 0.3) is 0 Å². The molecule has 23 heavy (non-hydrogen) atoms. The zero-order chi connectivity index (χ0) is 16.8. The summed E-state index contributed by atoms with van der Waals surface area (Å²) < 4.78 is 15.8. The van der Waals surface area contributed by atoms with Gasteiger partial charge in [0.25, 0.3) is 5.91 Å². The Labute approximate surface area is 136 Å². The summed E-state index contributed by atoms with van der Waals surface area (Å²) in [6.07, 6.45) is 0.703. The molecule has 0 aliphatic carbocycles. The molecule has 122 valence electrons. The fraction of sp³-hybridized carbons (Fsp3) is 0.278. The molecule has 0 aliphatic heterocycles. The highest BCUT2D eigenvalue weighted by molar-refractivity contribution is 6.06. The predicted octanol–water partition coefficient (Wildman–Crippen LogP) is 3.53. The van der Waals surface area contributed by atoms with Crippen LogP contribution in [0.2, 0.25) is 0 Å². The lowest BCUT2D eigenvalue weighted by Gasteiger charge is -2.15. The number of aryl methyl sites for hydroxylation is 1. The molecule has 2 aromatic carbocycles. The molecular formula is C18H21NO4. The number of amides is 1. The Balaban J connectivity index is 2.38. The number of anilines is 1. The van der Waals surface area contributed by atoms with Crippen molar-refractivity contribution < 1.29 is 19.0 Å². The lowest BCUT2D eigenvalue weighted by molar-refractivity contribution is 0.102. The number of nitrogens with one attached hydrogen (secondary N) is 1. The van der Waals surface area contributed by atoms with E-state index in [-0.39, 0.29) is 5.91 Å². The standard InChI is InChI=1S/C18H21NO4/c1-5-12-10-16(22-3)17(23-4)11-13(12)18(20)19-14-8-6-7-9-15(14)21-2/h6-11H,5H2,1-4H3,(H,19,20). The predicted molar refractivity (Wildman–Crippen MR) is 89.9 cm³/mol. The molecule has 0 unspecified atom stereocenters. The Morgan fingerprint density at radius 3 is 2.17 bits per heavy atom. The molecule has 0 fully saturated rings. The highest BCUT2D eigenvalue weighted by Gasteiger charge is 2.17. The topological polar surface area (TPSA) is 56.8 Å². The van der Waals surface area contributed by atoms with E-state index < -0.39 is 0 Å². The fourth-order valence-electron chi connectivity index (χ4n) is 2.36. The number of para-hydroxylation sites is 2. The van der Waals surface area contributed by atoms with Gasteiger partial charge in [0.15, 0.2) is 11.5 Å². The zero-order valence-electron chi connectivity index (χ0n) is 13.8. The van der Waals surface area contributed by atoms with E-state index in [0.29, 0.717) is 34.9 Å². The molecule has 0 radical (unpaired) electrons. The van der Waals surface area contributed by atoms with Crippen molar-refractivity contribution >= 4 is 11.6 Å². The van der Waals surface area contributed by atoms with E-state index in [1.165, 1.54) is 0 Å². The monoisotopic (exact) mass is 315 g/mol. The van der Waals surface area contributed by atoms with E-state index in [4.69, 9.17) is 14.2 Å². The molecule has 0 saturated heterocycles. The lowest BCUT2D eigenvalue weighted by atomic mass is 10.0. The number of benzene rings is 2. The number of hydrogen-bond donors (Lipinski definition) is 1. The SMILES string of the molecule is CCc1cc(OC)c(OC)cc1C(=O)Nc1ccccc1OC. The van der Waals surface area contributed by atoms with Crippen molar-refractivity contribution in [2.24, 2.45) is 0 Å². The van der Waals surface area contributed by atoms with E-state index in [2.05, 4.69) is 5.32 Å². The molecule has 0 heterocycles. The fourth-order valence-corrected chi connectivity index (χ4v) is 2.36. The van der Waals surface area contributed by atoms with Crippen molar-refractivity contribution in [3.8, 4) is 17.2 Å². The number of ether oxygens (including phenoxy) is 3. The van der Waals surface area contributed by atoms with Gasteiger partial charge in [-0.3, -0.25) is 4.79 Å². The van der Waals surface area contributed by atoms with Gasteiger partial charge in [-0.25, -0.2) is 0 Å². The lowest BCUT2D eigenvalue weighted by Crippen LogP contribution is -2.15. The van der Waals surface area contributed by atoms with E-state index in [1.807, 2.05) is 25.1 Å². The van der Waals surface area contributed by atoms with Crippen LogP contribution in [-0.4, -0.2) is 27.2 Å². The minimum absolute atomic E-state index is 0.215. The molecule has 5 heteroatoms. The summed E-state index contributed by atoms with van der Waals surface area (Å²) in [5.74, 6) is 1.53. The first kappa shape index (κ1) is 16.7. The van der Waals surface area contributed by atoms with Crippen LogP contribution in [0.3, 0.4) is 0 Å². The van der Waals surface area contributed by atoms with E-state index in [0.717, 1.165) is 5.56 Å². The summed E-state index contributed by atoms with van der Waals surface area (Å²) in [5.41, 5.74) is 2.06. The number of methoxy groups -OCH3 is 3. The Bertz CT molecular complexity index is 697. The average Bonchev–Trinajstić information content (AvgIpc) is 2.60. The van der Waals surface area contributed by atoms with Crippen molar-refractivity contribution in [3.63, 3.8) is 0 Å². The largest absolute Gasteiger partial charge is 0.495 e. The smallest absolute Gasteiger partial charge is 0.256 e. The Kier molecular flexibility index (Phi) is 5.46. The van der Waals surface area contributed by atoms with Crippen molar-refractivity contribution in [1.82, 2.24) is 0 Å². The number of hydrogen-bond acceptors (Lipinski definition) is 4. The highest BCUT2D eigenvalue weighted by Crippen LogP contribution is 2.32. The molecule has 0 aliphatic rings. The van der Waals surface area contributed by atoms with Crippen LogP contribution in [-0.2, 0) is 6.42 Å². The highest BCUT2D eigenvalue weighted by atomic mass is 16.5. The first-order valence-electron chi connectivity index (χ1n) is 7.33. The summed E-state index contributed by atoms with van der Waals surface area (Å²) in [5, 5.41) is 2.88. The van der Waals surface area contributed by atoms with Crippen molar-refractivity contribution in [2.75, 3.05) is 26.6 Å².